The van der Waals surface area contributed by atoms with Crippen LogP contribution in [0.3, 0.4) is 0 Å². The quantitative estimate of drug-likeness (QED) is 0.393. The maximum atomic E-state index is 10.4. The SMILES string of the molecule is NCCC[C@@](N)(CO)C(=O)O. The molecule has 66 valence electrons. The molecule has 0 heterocycles. The smallest absolute Gasteiger partial charge is 0.326 e. The molecule has 0 radical (unpaired) electrons. The second-order valence-corrected chi connectivity index (χ2v) is 2.51. The van der Waals surface area contributed by atoms with Crippen LogP contribution in [-0.4, -0.2) is 34.9 Å². The summed E-state index contributed by atoms with van der Waals surface area (Å²) in [6, 6.07) is 0. The van der Waals surface area contributed by atoms with Gasteiger partial charge in [0.1, 0.15) is 5.54 Å². The highest BCUT2D eigenvalue weighted by atomic mass is 16.4. The van der Waals surface area contributed by atoms with Crippen LogP contribution in [0.25, 0.3) is 0 Å². The van der Waals surface area contributed by atoms with Gasteiger partial charge in [0, 0.05) is 0 Å². The van der Waals surface area contributed by atoms with Crippen molar-refractivity contribution in [2.24, 2.45) is 11.5 Å². The first kappa shape index (κ1) is 10.3. The number of aliphatic hydroxyl groups excluding tert-OH is 1. The van der Waals surface area contributed by atoms with Gasteiger partial charge in [0.25, 0.3) is 0 Å². The minimum atomic E-state index is -1.51. The Morgan fingerprint density at radius 2 is 2.09 bits per heavy atom. The van der Waals surface area contributed by atoms with Gasteiger partial charge in [0.15, 0.2) is 0 Å². The van der Waals surface area contributed by atoms with Crippen molar-refractivity contribution in [1.82, 2.24) is 0 Å². The Labute approximate surface area is 65.0 Å². The lowest BCUT2D eigenvalue weighted by Gasteiger charge is -2.20. The van der Waals surface area contributed by atoms with E-state index in [-0.39, 0.29) is 6.42 Å². The summed E-state index contributed by atoms with van der Waals surface area (Å²) in [4.78, 5) is 10.4. The van der Waals surface area contributed by atoms with Crippen LogP contribution >= 0.6 is 0 Å². The van der Waals surface area contributed by atoms with E-state index in [2.05, 4.69) is 0 Å². The molecule has 11 heavy (non-hydrogen) atoms. The number of aliphatic hydroxyl groups is 1. The predicted octanol–water partition coefficient (Wildman–Crippen LogP) is -1.50. The van der Waals surface area contributed by atoms with Crippen molar-refractivity contribution in [2.75, 3.05) is 13.2 Å². The zero-order valence-corrected chi connectivity index (χ0v) is 6.29. The average Bonchev–Trinajstić information content (AvgIpc) is 2.00. The summed E-state index contributed by atoms with van der Waals surface area (Å²) in [5, 5.41) is 17.2. The maximum absolute atomic E-state index is 10.4. The molecule has 0 spiro atoms. The van der Waals surface area contributed by atoms with E-state index in [9.17, 15) is 4.79 Å². The summed E-state index contributed by atoms with van der Waals surface area (Å²) in [6.45, 7) is -0.172. The summed E-state index contributed by atoms with van der Waals surface area (Å²) in [5.41, 5.74) is 8.97. The fourth-order valence-electron chi connectivity index (χ4n) is 0.671. The van der Waals surface area contributed by atoms with E-state index < -0.39 is 18.1 Å². The van der Waals surface area contributed by atoms with Crippen LogP contribution < -0.4 is 11.5 Å². The minimum Gasteiger partial charge on any atom is -0.480 e. The number of carbonyl (C=O) groups is 1. The van der Waals surface area contributed by atoms with E-state index in [1.54, 1.807) is 0 Å². The molecule has 0 bridgehead atoms. The van der Waals surface area contributed by atoms with Crippen molar-refractivity contribution in [1.29, 1.82) is 0 Å². The topological polar surface area (TPSA) is 110 Å². The van der Waals surface area contributed by atoms with Gasteiger partial charge in [-0.2, -0.15) is 0 Å². The first-order valence-electron chi connectivity index (χ1n) is 3.40. The molecule has 0 fully saturated rings. The van der Waals surface area contributed by atoms with E-state index >= 15 is 0 Å². The molecule has 5 nitrogen and oxygen atoms in total. The molecule has 1 atom stereocenters. The van der Waals surface area contributed by atoms with Crippen LogP contribution in [0.5, 0.6) is 0 Å². The van der Waals surface area contributed by atoms with Crippen molar-refractivity contribution in [3.63, 3.8) is 0 Å². The van der Waals surface area contributed by atoms with Crippen LogP contribution in [0.2, 0.25) is 0 Å². The molecule has 0 aromatic heterocycles. The predicted molar refractivity (Wildman–Crippen MR) is 39.9 cm³/mol. The van der Waals surface area contributed by atoms with Gasteiger partial charge in [-0.1, -0.05) is 0 Å². The Balaban J connectivity index is 3.99. The van der Waals surface area contributed by atoms with E-state index in [0.29, 0.717) is 13.0 Å². The summed E-state index contributed by atoms with van der Waals surface area (Å²) in [6.07, 6.45) is 0.707. The number of carboxylic acid groups (broad SMARTS) is 1. The third-order valence-electron chi connectivity index (χ3n) is 1.54. The molecule has 6 N–H and O–H groups in total. The maximum Gasteiger partial charge on any atom is 0.326 e. The Hall–Kier alpha value is -0.650. The lowest BCUT2D eigenvalue weighted by Crippen LogP contribution is -2.51. The van der Waals surface area contributed by atoms with Gasteiger partial charge in [0.05, 0.1) is 6.61 Å². The molecule has 0 saturated heterocycles. The largest absolute Gasteiger partial charge is 0.480 e. The van der Waals surface area contributed by atoms with Gasteiger partial charge < -0.3 is 21.7 Å². The first-order chi connectivity index (χ1) is 5.06. The molecule has 0 amide bonds. The third kappa shape index (κ3) is 2.83. The van der Waals surface area contributed by atoms with Crippen LogP contribution in [0, 0.1) is 0 Å². The van der Waals surface area contributed by atoms with E-state index in [4.69, 9.17) is 21.7 Å². The van der Waals surface area contributed by atoms with Crippen LogP contribution in [-0.2, 0) is 4.79 Å². The lowest BCUT2D eigenvalue weighted by molar-refractivity contribution is -0.145. The van der Waals surface area contributed by atoms with Crippen molar-refractivity contribution >= 4 is 5.97 Å². The van der Waals surface area contributed by atoms with Crippen LogP contribution in [0.4, 0.5) is 0 Å². The van der Waals surface area contributed by atoms with Crippen LogP contribution in [0.1, 0.15) is 12.8 Å². The zero-order chi connectivity index (χ0) is 8.91. The Kier molecular flexibility index (Phi) is 4.02. The normalized spacial score (nSPS) is 15.9. The van der Waals surface area contributed by atoms with Gasteiger partial charge in [-0.05, 0) is 19.4 Å². The van der Waals surface area contributed by atoms with Gasteiger partial charge in [-0.3, -0.25) is 4.79 Å². The second-order valence-electron chi connectivity index (χ2n) is 2.51. The number of nitrogens with two attached hydrogens (primary N) is 2. The van der Waals surface area contributed by atoms with E-state index in [1.165, 1.54) is 0 Å². The first-order valence-corrected chi connectivity index (χ1v) is 3.40. The fraction of sp³-hybridized carbons (Fsp3) is 0.833. The molecule has 0 aromatic rings. The van der Waals surface area contributed by atoms with Crippen molar-refractivity contribution in [3.8, 4) is 0 Å². The molecule has 0 aromatic carbocycles. The highest BCUT2D eigenvalue weighted by Crippen LogP contribution is 2.07. The molecule has 0 aliphatic rings. The van der Waals surface area contributed by atoms with Gasteiger partial charge in [-0.15, -0.1) is 0 Å². The number of rotatable bonds is 5. The summed E-state index contributed by atoms with van der Waals surface area (Å²) < 4.78 is 0. The van der Waals surface area contributed by atoms with Gasteiger partial charge in [-0.25, -0.2) is 0 Å². The number of hydrogen-bond donors (Lipinski definition) is 4. The molecule has 0 rings (SSSR count). The summed E-state index contributed by atoms with van der Waals surface area (Å²) in [5.74, 6) is -1.19. The zero-order valence-electron chi connectivity index (χ0n) is 6.29. The van der Waals surface area contributed by atoms with Gasteiger partial charge in [0.2, 0.25) is 0 Å². The van der Waals surface area contributed by atoms with E-state index in [0.717, 1.165) is 0 Å². The second kappa shape index (κ2) is 4.27. The lowest BCUT2D eigenvalue weighted by atomic mass is 9.96. The standard InChI is InChI=1S/C6H14N2O3/c7-3-1-2-6(8,4-9)5(10)11/h9H,1-4,7-8H2,(H,10,11)/t6-/m1/s1. The molecule has 0 saturated carbocycles. The molecule has 0 unspecified atom stereocenters. The monoisotopic (exact) mass is 162 g/mol. The average molecular weight is 162 g/mol. The van der Waals surface area contributed by atoms with Crippen LogP contribution in [0.15, 0.2) is 0 Å². The molecule has 0 aliphatic carbocycles. The third-order valence-corrected chi connectivity index (χ3v) is 1.54. The van der Waals surface area contributed by atoms with Crippen molar-refractivity contribution in [2.45, 2.75) is 18.4 Å². The summed E-state index contributed by atoms with van der Waals surface area (Å²) >= 11 is 0. The van der Waals surface area contributed by atoms with Crippen molar-refractivity contribution in [3.05, 3.63) is 0 Å². The van der Waals surface area contributed by atoms with Gasteiger partial charge >= 0.3 is 5.97 Å². The van der Waals surface area contributed by atoms with E-state index in [1.807, 2.05) is 0 Å². The Morgan fingerprint density at radius 1 is 1.55 bits per heavy atom. The number of carboxylic acids is 1. The highest BCUT2D eigenvalue weighted by Gasteiger charge is 2.32. The molecular formula is C6H14N2O3. The Morgan fingerprint density at radius 3 is 2.36 bits per heavy atom. The summed E-state index contributed by atoms with van der Waals surface area (Å²) in [7, 11) is 0. The Bertz CT molecular complexity index is 140. The minimum absolute atomic E-state index is 0.204. The fourth-order valence-corrected chi connectivity index (χ4v) is 0.671. The number of hydrogen-bond acceptors (Lipinski definition) is 4. The molecular weight excluding hydrogens is 148 g/mol. The van der Waals surface area contributed by atoms with Crippen molar-refractivity contribution < 1.29 is 15.0 Å². The molecule has 0 aliphatic heterocycles. The number of aliphatic carboxylic acids is 1. The molecule has 5 heteroatoms. The highest BCUT2D eigenvalue weighted by molar-refractivity contribution is 5.78.